The minimum absolute atomic E-state index is 0.0733. The van der Waals surface area contributed by atoms with E-state index in [1.165, 1.54) is 0 Å². The number of hydrogen-bond donors (Lipinski definition) is 1. The number of amides is 2. The molecule has 1 saturated heterocycles. The number of rotatable bonds is 7. The minimum atomic E-state index is -0.287. The molecule has 1 aliphatic rings. The van der Waals surface area contributed by atoms with Gasteiger partial charge in [-0.25, -0.2) is 0 Å². The smallest absolute Gasteiger partial charge is 0.245 e. The maximum atomic E-state index is 12.6. The maximum absolute atomic E-state index is 12.6. The quantitative estimate of drug-likeness (QED) is 0.761. The molecule has 0 aliphatic carbocycles. The monoisotopic (exact) mass is 283 g/mol. The van der Waals surface area contributed by atoms with Gasteiger partial charge in [-0.3, -0.25) is 9.59 Å². The van der Waals surface area contributed by atoms with E-state index in [9.17, 15) is 9.59 Å². The highest BCUT2D eigenvalue weighted by Gasteiger charge is 2.33. The Morgan fingerprint density at radius 2 is 2.10 bits per heavy atom. The first-order valence-corrected chi connectivity index (χ1v) is 7.66. The zero-order chi connectivity index (χ0) is 15.1. The largest absolute Gasteiger partial charge is 0.343 e. The number of nitrogens with zero attached hydrogens (tertiary/aromatic N) is 2. The molecule has 1 N–H and O–H groups in total. The number of nitrogens with one attached hydrogen (secondary N) is 1. The molecule has 0 radical (unpaired) electrons. The lowest BCUT2D eigenvalue weighted by molar-refractivity contribution is -0.147. The summed E-state index contributed by atoms with van der Waals surface area (Å²) in [4.78, 5) is 28.3. The fourth-order valence-electron chi connectivity index (χ4n) is 2.61. The highest BCUT2D eigenvalue weighted by atomic mass is 16.2. The summed E-state index contributed by atoms with van der Waals surface area (Å²) in [5.41, 5.74) is 0. The van der Waals surface area contributed by atoms with Gasteiger partial charge in [0.2, 0.25) is 11.8 Å². The van der Waals surface area contributed by atoms with Gasteiger partial charge < -0.3 is 15.1 Å². The van der Waals surface area contributed by atoms with Crippen molar-refractivity contribution >= 4 is 11.8 Å². The van der Waals surface area contributed by atoms with Crippen molar-refractivity contribution < 1.29 is 9.59 Å². The normalized spacial score (nSPS) is 17.4. The second kappa shape index (κ2) is 8.25. The average Bonchev–Trinajstić information content (AvgIpc) is 2.42. The summed E-state index contributed by atoms with van der Waals surface area (Å²) in [6, 6.07) is -0.287. The summed E-state index contributed by atoms with van der Waals surface area (Å²) in [5, 5.41) is 3.05. The Bertz CT molecular complexity index is 331. The van der Waals surface area contributed by atoms with Crippen molar-refractivity contribution in [1.29, 1.82) is 0 Å². The van der Waals surface area contributed by atoms with Crippen LogP contribution in [0.2, 0.25) is 0 Å². The third-order valence-corrected chi connectivity index (χ3v) is 3.79. The maximum Gasteiger partial charge on any atom is 0.245 e. The van der Waals surface area contributed by atoms with Gasteiger partial charge in [0.05, 0.1) is 0 Å². The van der Waals surface area contributed by atoms with Crippen LogP contribution < -0.4 is 5.32 Å². The third-order valence-electron chi connectivity index (χ3n) is 3.79. The molecule has 0 aromatic carbocycles. The first-order chi connectivity index (χ1) is 9.47. The van der Waals surface area contributed by atoms with Gasteiger partial charge in [-0.15, -0.1) is 0 Å². The van der Waals surface area contributed by atoms with E-state index in [1.54, 1.807) is 4.90 Å². The first kappa shape index (κ1) is 17.0. The van der Waals surface area contributed by atoms with Crippen LogP contribution in [0.15, 0.2) is 0 Å². The average molecular weight is 283 g/mol. The standard InChI is InChI=1S/C15H29N3O2/c1-12(2)11-13(15(20)17(4)10-8-16-3)18-9-6-5-7-14(18)19/h12-13,16H,5-11H2,1-4H3. The molecule has 0 saturated carbocycles. The van der Waals surface area contributed by atoms with Crippen LogP contribution in [-0.4, -0.2) is 61.4 Å². The number of likely N-dealkylation sites (N-methyl/N-ethyl adjacent to an activating group) is 2. The van der Waals surface area contributed by atoms with Crippen molar-refractivity contribution in [3.05, 3.63) is 0 Å². The fourth-order valence-corrected chi connectivity index (χ4v) is 2.61. The van der Waals surface area contributed by atoms with Crippen LogP contribution in [0.4, 0.5) is 0 Å². The lowest BCUT2D eigenvalue weighted by Crippen LogP contribution is -2.52. The summed E-state index contributed by atoms with van der Waals surface area (Å²) in [5.74, 6) is 0.609. The predicted octanol–water partition coefficient (Wildman–Crippen LogP) is 1.09. The van der Waals surface area contributed by atoms with E-state index in [0.717, 1.165) is 32.4 Å². The third kappa shape index (κ3) is 4.78. The van der Waals surface area contributed by atoms with Gasteiger partial charge in [-0.1, -0.05) is 13.8 Å². The van der Waals surface area contributed by atoms with Gasteiger partial charge >= 0.3 is 0 Å². The molecule has 1 rings (SSSR count). The van der Waals surface area contributed by atoms with Gasteiger partial charge in [0.1, 0.15) is 6.04 Å². The predicted molar refractivity (Wildman–Crippen MR) is 80.4 cm³/mol. The van der Waals surface area contributed by atoms with Crippen LogP contribution in [-0.2, 0) is 9.59 Å². The number of carbonyl (C=O) groups excluding carboxylic acids is 2. The van der Waals surface area contributed by atoms with E-state index in [4.69, 9.17) is 0 Å². The Hall–Kier alpha value is -1.10. The molecule has 1 unspecified atom stereocenters. The van der Waals surface area contributed by atoms with E-state index in [-0.39, 0.29) is 17.9 Å². The van der Waals surface area contributed by atoms with E-state index in [2.05, 4.69) is 19.2 Å². The van der Waals surface area contributed by atoms with Crippen LogP contribution >= 0.6 is 0 Å². The van der Waals surface area contributed by atoms with Crippen molar-refractivity contribution in [3.8, 4) is 0 Å². The Kier molecular flexibility index (Phi) is 6.99. The van der Waals surface area contributed by atoms with Crippen molar-refractivity contribution in [2.45, 2.75) is 45.6 Å². The second-order valence-corrected chi connectivity index (χ2v) is 6.05. The molecule has 5 nitrogen and oxygen atoms in total. The van der Waals surface area contributed by atoms with E-state index < -0.39 is 0 Å². The van der Waals surface area contributed by atoms with Crippen LogP contribution in [0.5, 0.6) is 0 Å². The zero-order valence-corrected chi connectivity index (χ0v) is 13.3. The van der Waals surface area contributed by atoms with Crippen LogP contribution in [0.3, 0.4) is 0 Å². The summed E-state index contributed by atoms with van der Waals surface area (Å²) < 4.78 is 0. The highest BCUT2D eigenvalue weighted by Crippen LogP contribution is 2.20. The SMILES string of the molecule is CNCCN(C)C(=O)C(CC(C)C)N1CCCCC1=O. The van der Waals surface area contributed by atoms with Gasteiger partial charge in [-0.2, -0.15) is 0 Å². The molecular weight excluding hydrogens is 254 g/mol. The van der Waals surface area contributed by atoms with E-state index in [1.807, 2.05) is 19.0 Å². The number of hydrogen-bond acceptors (Lipinski definition) is 3. The lowest BCUT2D eigenvalue weighted by Gasteiger charge is -2.36. The number of carbonyl (C=O) groups is 2. The second-order valence-electron chi connectivity index (χ2n) is 6.05. The fraction of sp³-hybridized carbons (Fsp3) is 0.867. The zero-order valence-electron chi connectivity index (χ0n) is 13.3. The van der Waals surface area contributed by atoms with Crippen molar-refractivity contribution in [2.75, 3.05) is 33.7 Å². The first-order valence-electron chi connectivity index (χ1n) is 7.66. The molecule has 0 spiro atoms. The topological polar surface area (TPSA) is 52.7 Å². The van der Waals surface area contributed by atoms with Crippen LogP contribution in [0.25, 0.3) is 0 Å². The molecule has 1 fully saturated rings. The van der Waals surface area contributed by atoms with Gasteiger partial charge in [0.25, 0.3) is 0 Å². The Morgan fingerprint density at radius 3 is 2.65 bits per heavy atom. The molecular formula is C15H29N3O2. The molecule has 2 amide bonds. The lowest BCUT2D eigenvalue weighted by atomic mass is 9.98. The van der Waals surface area contributed by atoms with Crippen LogP contribution in [0, 0.1) is 5.92 Å². The van der Waals surface area contributed by atoms with E-state index in [0.29, 0.717) is 18.9 Å². The summed E-state index contributed by atoms with van der Waals surface area (Å²) in [7, 11) is 3.69. The Balaban J connectivity index is 2.76. The molecule has 0 bridgehead atoms. The summed E-state index contributed by atoms with van der Waals surface area (Å²) in [6.07, 6.45) is 3.29. The van der Waals surface area contributed by atoms with Crippen LogP contribution in [0.1, 0.15) is 39.5 Å². The molecule has 1 atom stereocenters. The summed E-state index contributed by atoms with van der Waals surface area (Å²) in [6.45, 7) is 6.36. The molecule has 20 heavy (non-hydrogen) atoms. The van der Waals surface area contributed by atoms with Gasteiger partial charge in [-0.05, 0) is 32.2 Å². The Labute approximate surface area is 122 Å². The van der Waals surface area contributed by atoms with Crippen molar-refractivity contribution in [3.63, 3.8) is 0 Å². The molecule has 0 aromatic heterocycles. The number of piperidine rings is 1. The van der Waals surface area contributed by atoms with E-state index >= 15 is 0 Å². The van der Waals surface area contributed by atoms with Crippen molar-refractivity contribution in [1.82, 2.24) is 15.1 Å². The molecule has 1 aliphatic heterocycles. The number of likely N-dealkylation sites (tertiary alicyclic amines) is 1. The summed E-state index contributed by atoms with van der Waals surface area (Å²) >= 11 is 0. The Morgan fingerprint density at radius 1 is 1.40 bits per heavy atom. The molecule has 5 heteroatoms. The molecule has 1 heterocycles. The van der Waals surface area contributed by atoms with Crippen molar-refractivity contribution in [2.24, 2.45) is 5.92 Å². The minimum Gasteiger partial charge on any atom is -0.343 e. The molecule has 0 aromatic rings. The van der Waals surface area contributed by atoms with Gasteiger partial charge in [0, 0.05) is 33.1 Å². The molecule has 116 valence electrons. The highest BCUT2D eigenvalue weighted by molar-refractivity contribution is 5.88. The van der Waals surface area contributed by atoms with Gasteiger partial charge in [0.15, 0.2) is 0 Å².